The first-order chi connectivity index (χ1) is 17.2. The summed E-state index contributed by atoms with van der Waals surface area (Å²) < 4.78 is 13.2. The van der Waals surface area contributed by atoms with Gasteiger partial charge in [-0.1, -0.05) is 18.6 Å². The summed E-state index contributed by atoms with van der Waals surface area (Å²) in [6, 6.07) is 5.82. The Hall–Kier alpha value is -3.36. The highest BCUT2D eigenvalue weighted by Crippen LogP contribution is 2.31. The van der Waals surface area contributed by atoms with Crippen LogP contribution in [0.25, 0.3) is 11.2 Å². The number of benzene rings is 1. The number of ether oxygens (including phenoxy) is 2. The predicted octanol–water partition coefficient (Wildman–Crippen LogP) is 3.15. The van der Waals surface area contributed by atoms with Crippen LogP contribution in [0.4, 0.5) is 5.82 Å². The molecule has 2 aliphatic heterocycles. The maximum atomic E-state index is 13.1. The van der Waals surface area contributed by atoms with Gasteiger partial charge in [-0.15, -0.1) is 0 Å². The van der Waals surface area contributed by atoms with Crippen molar-refractivity contribution in [2.75, 3.05) is 38.8 Å². The summed E-state index contributed by atoms with van der Waals surface area (Å²) in [7, 11) is 3.27. The number of hydrogen-bond acceptors (Lipinski definition) is 7. The summed E-state index contributed by atoms with van der Waals surface area (Å²) >= 11 is 0. The van der Waals surface area contributed by atoms with Crippen LogP contribution in [0, 0.1) is 5.92 Å². The number of amides is 1. The Kier molecular flexibility index (Phi) is 7.01. The molecule has 9 heteroatoms. The van der Waals surface area contributed by atoms with E-state index in [1.807, 2.05) is 18.2 Å². The molecule has 1 amide bonds. The molecule has 0 saturated carbocycles. The Bertz CT molecular complexity index is 1190. The molecule has 1 saturated heterocycles. The van der Waals surface area contributed by atoms with Gasteiger partial charge in [-0.05, 0) is 43.7 Å². The molecule has 9 nitrogen and oxygen atoms in total. The number of para-hydroxylation sites is 1. The van der Waals surface area contributed by atoms with E-state index in [0.29, 0.717) is 25.3 Å². The van der Waals surface area contributed by atoms with Crippen molar-refractivity contribution in [2.24, 2.45) is 5.92 Å². The molecule has 4 heterocycles. The van der Waals surface area contributed by atoms with Crippen molar-refractivity contribution in [3.8, 4) is 11.5 Å². The summed E-state index contributed by atoms with van der Waals surface area (Å²) in [6.45, 7) is 3.03. The quantitative estimate of drug-likeness (QED) is 0.557. The van der Waals surface area contributed by atoms with Crippen LogP contribution in [0.5, 0.6) is 11.5 Å². The predicted molar refractivity (Wildman–Crippen MR) is 134 cm³/mol. The molecule has 35 heavy (non-hydrogen) atoms. The maximum Gasteiger partial charge on any atom is 0.224 e. The van der Waals surface area contributed by atoms with Crippen molar-refractivity contribution in [1.29, 1.82) is 0 Å². The summed E-state index contributed by atoms with van der Waals surface area (Å²) in [5.41, 5.74) is 2.81. The lowest BCUT2D eigenvalue weighted by atomic mass is 9.97. The monoisotopic (exact) mass is 478 g/mol. The van der Waals surface area contributed by atoms with Gasteiger partial charge in [-0.2, -0.15) is 0 Å². The molecule has 1 N–H and O–H groups in total. The molecule has 0 spiro atoms. The van der Waals surface area contributed by atoms with E-state index in [-0.39, 0.29) is 11.8 Å². The third kappa shape index (κ3) is 4.76. The molecule has 0 aliphatic carbocycles. The number of fused-ring (bicyclic) bond motifs is 3. The molecule has 3 aromatic rings. The van der Waals surface area contributed by atoms with Crippen molar-refractivity contribution in [3.63, 3.8) is 0 Å². The van der Waals surface area contributed by atoms with E-state index >= 15 is 0 Å². The first-order valence-corrected chi connectivity index (χ1v) is 12.6. The zero-order valence-electron chi connectivity index (χ0n) is 20.6. The van der Waals surface area contributed by atoms with E-state index < -0.39 is 0 Å². The highest BCUT2D eigenvalue weighted by molar-refractivity contribution is 5.85. The zero-order valence-corrected chi connectivity index (χ0v) is 20.6. The summed E-state index contributed by atoms with van der Waals surface area (Å²) in [5, 5.41) is 3.13. The van der Waals surface area contributed by atoms with Crippen LogP contribution in [-0.2, 0) is 24.2 Å². The second-order valence-corrected chi connectivity index (χ2v) is 9.34. The largest absolute Gasteiger partial charge is 0.493 e. The fraction of sp³-hybridized carbons (Fsp3) is 0.538. The smallest absolute Gasteiger partial charge is 0.224 e. The van der Waals surface area contributed by atoms with Crippen molar-refractivity contribution < 1.29 is 14.3 Å². The second kappa shape index (κ2) is 10.5. The molecule has 5 rings (SSSR count). The molecular formula is C26H34N6O3. The van der Waals surface area contributed by atoms with Crippen LogP contribution in [0.2, 0.25) is 0 Å². The number of anilines is 1. The third-order valence-electron chi connectivity index (χ3n) is 7.14. The lowest BCUT2D eigenvalue weighted by Crippen LogP contribution is -2.44. The van der Waals surface area contributed by atoms with Crippen LogP contribution >= 0.6 is 0 Å². The molecular weight excluding hydrogens is 444 g/mol. The van der Waals surface area contributed by atoms with Crippen LogP contribution in [0.15, 0.2) is 24.5 Å². The minimum Gasteiger partial charge on any atom is -0.493 e. The van der Waals surface area contributed by atoms with Gasteiger partial charge in [-0.3, -0.25) is 4.79 Å². The molecule has 2 aliphatic rings. The summed E-state index contributed by atoms with van der Waals surface area (Å²) in [5.74, 6) is 3.39. The van der Waals surface area contributed by atoms with E-state index in [1.54, 1.807) is 20.5 Å². The maximum absolute atomic E-state index is 13.1. The topological polar surface area (TPSA) is 94.4 Å². The van der Waals surface area contributed by atoms with Gasteiger partial charge >= 0.3 is 0 Å². The normalized spacial score (nSPS) is 18.1. The van der Waals surface area contributed by atoms with E-state index in [1.165, 1.54) is 12.8 Å². The van der Waals surface area contributed by atoms with Gasteiger partial charge in [0.2, 0.25) is 5.91 Å². The van der Waals surface area contributed by atoms with Crippen molar-refractivity contribution >= 4 is 22.9 Å². The highest BCUT2D eigenvalue weighted by atomic mass is 16.5. The van der Waals surface area contributed by atoms with Gasteiger partial charge < -0.3 is 24.3 Å². The van der Waals surface area contributed by atoms with Gasteiger partial charge in [-0.25, -0.2) is 15.0 Å². The zero-order chi connectivity index (χ0) is 24.2. The fourth-order valence-corrected chi connectivity index (χ4v) is 5.36. The van der Waals surface area contributed by atoms with E-state index in [9.17, 15) is 4.79 Å². The minimum absolute atomic E-state index is 0.0820. The molecule has 1 fully saturated rings. The Morgan fingerprint density at radius 2 is 2.03 bits per heavy atom. The number of carbonyl (C=O) groups is 1. The van der Waals surface area contributed by atoms with E-state index in [4.69, 9.17) is 14.5 Å². The standard InChI is InChI=1S/C26H34N6O3/c1-34-20-10-6-8-18(23(20)35-2)12-13-27-26(33)19-9-7-14-31(16-19)24-22-25(29-17-28-24)32-15-5-3-4-11-21(32)30-22/h6,8,10,17,19H,3-5,7,9,11-16H2,1-2H3,(H,27,33)/t19-/m1/s1. The minimum atomic E-state index is -0.0820. The van der Waals surface area contributed by atoms with Gasteiger partial charge in [0.1, 0.15) is 12.2 Å². The van der Waals surface area contributed by atoms with Gasteiger partial charge in [0.25, 0.3) is 0 Å². The number of methoxy groups -OCH3 is 2. The van der Waals surface area contributed by atoms with E-state index in [2.05, 4.69) is 24.8 Å². The summed E-state index contributed by atoms with van der Waals surface area (Å²) in [6.07, 6.45) is 8.68. The van der Waals surface area contributed by atoms with Crippen molar-refractivity contribution in [1.82, 2.24) is 24.8 Å². The number of rotatable bonds is 7. The second-order valence-electron chi connectivity index (χ2n) is 9.34. The average molecular weight is 479 g/mol. The first kappa shape index (κ1) is 23.4. The Balaban J connectivity index is 1.25. The fourth-order valence-electron chi connectivity index (χ4n) is 5.36. The average Bonchev–Trinajstić information content (AvgIpc) is 3.09. The number of aromatic nitrogens is 4. The Morgan fingerprint density at radius 3 is 2.89 bits per heavy atom. The number of hydrogen-bond donors (Lipinski definition) is 1. The number of nitrogens with zero attached hydrogens (tertiary/aromatic N) is 5. The molecule has 2 aromatic heterocycles. The SMILES string of the molecule is COc1cccc(CCNC(=O)[C@@H]2CCCN(c3ncnc4c3nc3n4CCCCC3)C2)c1OC. The number of imidazole rings is 1. The summed E-state index contributed by atoms with van der Waals surface area (Å²) in [4.78, 5) is 29.4. The molecule has 0 radical (unpaired) electrons. The van der Waals surface area contributed by atoms with Crippen LogP contribution in [0.1, 0.15) is 43.5 Å². The molecule has 0 unspecified atom stereocenters. The lowest BCUT2D eigenvalue weighted by Gasteiger charge is -2.32. The number of piperidine rings is 1. The highest BCUT2D eigenvalue weighted by Gasteiger charge is 2.29. The molecule has 1 aromatic carbocycles. The van der Waals surface area contributed by atoms with Gasteiger partial charge in [0.05, 0.1) is 20.1 Å². The van der Waals surface area contributed by atoms with Gasteiger partial charge in [0, 0.05) is 32.6 Å². The third-order valence-corrected chi connectivity index (χ3v) is 7.14. The molecule has 0 bridgehead atoms. The number of nitrogens with one attached hydrogen (secondary N) is 1. The molecule has 186 valence electrons. The van der Waals surface area contributed by atoms with Crippen molar-refractivity contribution in [2.45, 2.75) is 51.5 Å². The van der Waals surface area contributed by atoms with Crippen LogP contribution < -0.4 is 19.7 Å². The van der Waals surface area contributed by atoms with Gasteiger partial charge in [0.15, 0.2) is 28.5 Å². The first-order valence-electron chi connectivity index (χ1n) is 12.6. The van der Waals surface area contributed by atoms with Crippen LogP contribution in [0.3, 0.4) is 0 Å². The number of carbonyl (C=O) groups excluding carboxylic acids is 1. The van der Waals surface area contributed by atoms with Crippen molar-refractivity contribution in [3.05, 3.63) is 35.9 Å². The number of aryl methyl sites for hydroxylation is 2. The lowest BCUT2D eigenvalue weighted by molar-refractivity contribution is -0.125. The Labute approximate surface area is 205 Å². The van der Waals surface area contributed by atoms with E-state index in [0.717, 1.165) is 72.9 Å². The molecule has 1 atom stereocenters. The van der Waals surface area contributed by atoms with Crippen LogP contribution in [-0.4, -0.2) is 59.3 Å². The Morgan fingerprint density at radius 1 is 1.11 bits per heavy atom.